The lowest BCUT2D eigenvalue weighted by Gasteiger charge is -2.13. The van der Waals surface area contributed by atoms with Gasteiger partial charge < -0.3 is 10.1 Å². The molecule has 1 atom stereocenters. The Morgan fingerprint density at radius 3 is 2.48 bits per heavy atom. The molecule has 0 radical (unpaired) electrons. The number of amides is 1. The molecule has 0 aliphatic heterocycles. The van der Waals surface area contributed by atoms with Crippen molar-refractivity contribution < 1.29 is 26.7 Å². The number of carbonyl (C=O) groups is 1. The smallest absolute Gasteiger partial charge is 0.240 e. The third-order valence-corrected chi connectivity index (χ3v) is 5.58. The maximum Gasteiger partial charge on any atom is 0.240 e. The molecule has 0 fully saturated rings. The zero-order valence-electron chi connectivity index (χ0n) is 16.0. The Kier molecular flexibility index (Phi) is 8.69. The van der Waals surface area contributed by atoms with Gasteiger partial charge in [0.1, 0.15) is 0 Å². The molecule has 29 heavy (non-hydrogen) atoms. The Labute approximate surface area is 169 Å². The van der Waals surface area contributed by atoms with Crippen molar-refractivity contribution >= 4 is 15.9 Å². The largest absolute Gasteiger partial charge is 0.374 e. The van der Waals surface area contributed by atoms with E-state index in [2.05, 4.69) is 10.0 Å². The lowest BCUT2D eigenvalue weighted by molar-refractivity contribution is -0.120. The van der Waals surface area contributed by atoms with E-state index in [1.165, 1.54) is 0 Å². The lowest BCUT2D eigenvalue weighted by atomic mass is 10.1. The minimum atomic E-state index is -4.02. The van der Waals surface area contributed by atoms with E-state index in [-0.39, 0.29) is 25.0 Å². The van der Waals surface area contributed by atoms with E-state index in [9.17, 15) is 22.0 Å². The zero-order valence-corrected chi connectivity index (χ0v) is 16.8. The van der Waals surface area contributed by atoms with Gasteiger partial charge in [0.15, 0.2) is 11.6 Å². The summed E-state index contributed by atoms with van der Waals surface area (Å²) in [6, 6.07) is 12.1. The van der Waals surface area contributed by atoms with Crippen LogP contribution in [0, 0.1) is 11.6 Å². The molecule has 0 spiro atoms. The molecule has 2 aromatic carbocycles. The van der Waals surface area contributed by atoms with Crippen LogP contribution in [0.25, 0.3) is 0 Å². The Bertz CT molecular complexity index is 908. The Morgan fingerprint density at radius 1 is 1.07 bits per heavy atom. The number of carbonyl (C=O) groups excluding carboxylic acids is 1. The van der Waals surface area contributed by atoms with Gasteiger partial charge in [-0.2, -0.15) is 0 Å². The highest BCUT2D eigenvalue weighted by Crippen LogP contribution is 2.16. The van der Waals surface area contributed by atoms with E-state index in [1.807, 2.05) is 37.3 Å². The predicted molar refractivity (Wildman–Crippen MR) is 105 cm³/mol. The van der Waals surface area contributed by atoms with Gasteiger partial charge in [-0.15, -0.1) is 0 Å². The monoisotopic (exact) mass is 426 g/mol. The fourth-order valence-electron chi connectivity index (χ4n) is 2.50. The summed E-state index contributed by atoms with van der Waals surface area (Å²) in [6.45, 7) is 2.66. The topological polar surface area (TPSA) is 84.5 Å². The van der Waals surface area contributed by atoms with Gasteiger partial charge in [0.05, 0.1) is 11.0 Å². The summed E-state index contributed by atoms with van der Waals surface area (Å²) in [4.78, 5) is 11.4. The number of rotatable bonds is 11. The van der Waals surface area contributed by atoms with E-state index in [0.29, 0.717) is 25.6 Å². The van der Waals surface area contributed by atoms with Crippen LogP contribution < -0.4 is 10.0 Å². The average Bonchev–Trinajstić information content (AvgIpc) is 2.70. The SMILES string of the molecule is CC(OCCCNC(=O)CCNS(=O)(=O)c1ccc(F)c(F)c1)c1ccccc1. The molecule has 0 aliphatic carbocycles. The Morgan fingerprint density at radius 2 is 1.79 bits per heavy atom. The highest BCUT2D eigenvalue weighted by molar-refractivity contribution is 7.89. The minimum absolute atomic E-state index is 0.0439. The first-order valence-corrected chi connectivity index (χ1v) is 10.7. The lowest BCUT2D eigenvalue weighted by Crippen LogP contribution is -2.31. The molecule has 0 aromatic heterocycles. The third-order valence-electron chi connectivity index (χ3n) is 4.13. The van der Waals surface area contributed by atoms with E-state index in [0.717, 1.165) is 17.7 Å². The van der Waals surface area contributed by atoms with Gasteiger partial charge in [-0.05, 0) is 37.1 Å². The Hall–Kier alpha value is -2.36. The second-order valence-corrected chi connectivity index (χ2v) is 8.12. The van der Waals surface area contributed by atoms with Crippen LogP contribution in [-0.2, 0) is 19.6 Å². The molecule has 0 aliphatic rings. The fourth-order valence-corrected chi connectivity index (χ4v) is 3.54. The van der Waals surface area contributed by atoms with E-state index < -0.39 is 26.6 Å². The molecule has 0 heterocycles. The average molecular weight is 426 g/mol. The number of nitrogens with one attached hydrogen (secondary N) is 2. The van der Waals surface area contributed by atoms with Crippen molar-refractivity contribution in [2.24, 2.45) is 0 Å². The number of sulfonamides is 1. The first-order valence-electron chi connectivity index (χ1n) is 9.17. The first kappa shape index (κ1) is 22.9. The van der Waals surface area contributed by atoms with Gasteiger partial charge in [0.2, 0.25) is 15.9 Å². The van der Waals surface area contributed by atoms with E-state index >= 15 is 0 Å². The van der Waals surface area contributed by atoms with Crippen molar-refractivity contribution in [3.63, 3.8) is 0 Å². The molecule has 9 heteroatoms. The van der Waals surface area contributed by atoms with Crippen molar-refractivity contribution in [3.8, 4) is 0 Å². The summed E-state index contributed by atoms with van der Waals surface area (Å²) < 4.78 is 58.0. The Balaban J connectivity index is 1.62. The highest BCUT2D eigenvalue weighted by Gasteiger charge is 2.16. The van der Waals surface area contributed by atoms with Gasteiger partial charge in [-0.3, -0.25) is 4.79 Å². The van der Waals surface area contributed by atoms with Gasteiger partial charge in [0.25, 0.3) is 0 Å². The molecular weight excluding hydrogens is 402 g/mol. The highest BCUT2D eigenvalue weighted by atomic mass is 32.2. The van der Waals surface area contributed by atoms with Crippen LogP contribution in [0.15, 0.2) is 53.4 Å². The van der Waals surface area contributed by atoms with Crippen LogP contribution in [0.4, 0.5) is 8.78 Å². The molecule has 1 unspecified atom stereocenters. The van der Waals surface area contributed by atoms with E-state index in [4.69, 9.17) is 4.74 Å². The molecule has 0 saturated carbocycles. The summed E-state index contributed by atoms with van der Waals surface area (Å²) >= 11 is 0. The summed E-state index contributed by atoms with van der Waals surface area (Å²) in [5, 5.41) is 2.68. The van der Waals surface area contributed by atoms with Crippen LogP contribution >= 0.6 is 0 Å². The second-order valence-electron chi connectivity index (χ2n) is 6.35. The summed E-state index contributed by atoms with van der Waals surface area (Å²) in [5.41, 5.74) is 1.07. The zero-order chi connectivity index (χ0) is 21.3. The van der Waals surface area contributed by atoms with Crippen molar-refractivity contribution in [2.75, 3.05) is 19.7 Å². The second kappa shape index (κ2) is 11.0. The summed E-state index contributed by atoms with van der Waals surface area (Å²) in [5.74, 6) is -2.71. The molecule has 158 valence electrons. The molecule has 2 aromatic rings. The normalized spacial score (nSPS) is 12.5. The number of halogens is 2. The van der Waals surface area contributed by atoms with Crippen LogP contribution in [0.1, 0.15) is 31.4 Å². The third kappa shape index (κ3) is 7.52. The van der Waals surface area contributed by atoms with Gasteiger partial charge >= 0.3 is 0 Å². The molecule has 0 bridgehead atoms. The summed E-state index contributed by atoms with van der Waals surface area (Å²) in [7, 11) is -4.02. The van der Waals surface area contributed by atoms with E-state index in [1.54, 1.807) is 0 Å². The number of hydrogen-bond acceptors (Lipinski definition) is 4. The number of ether oxygens (including phenoxy) is 1. The maximum atomic E-state index is 13.2. The summed E-state index contributed by atoms with van der Waals surface area (Å²) in [6.07, 6.45) is 0.492. The molecule has 2 rings (SSSR count). The first-order chi connectivity index (χ1) is 13.8. The minimum Gasteiger partial charge on any atom is -0.374 e. The quantitative estimate of drug-likeness (QED) is 0.541. The molecule has 2 N–H and O–H groups in total. The van der Waals surface area contributed by atoms with Crippen LogP contribution in [0.2, 0.25) is 0 Å². The predicted octanol–water partition coefficient (Wildman–Crippen LogP) is 2.92. The van der Waals surface area contributed by atoms with Crippen molar-refractivity contribution in [2.45, 2.75) is 30.8 Å². The van der Waals surface area contributed by atoms with Gasteiger partial charge in [-0.1, -0.05) is 30.3 Å². The van der Waals surface area contributed by atoms with Crippen LogP contribution in [-0.4, -0.2) is 34.0 Å². The molecule has 1 amide bonds. The van der Waals surface area contributed by atoms with Crippen LogP contribution in [0.5, 0.6) is 0 Å². The fraction of sp³-hybridized carbons (Fsp3) is 0.350. The standard InChI is InChI=1S/C20H24F2N2O4S/c1-15(16-6-3-2-4-7-16)28-13-5-11-23-20(25)10-12-24-29(26,27)17-8-9-18(21)19(22)14-17/h2-4,6-9,14-15,24H,5,10-13H2,1H3,(H,23,25). The van der Waals surface area contributed by atoms with Crippen molar-refractivity contribution in [1.29, 1.82) is 0 Å². The van der Waals surface area contributed by atoms with Gasteiger partial charge in [0, 0.05) is 26.1 Å². The van der Waals surface area contributed by atoms with Crippen molar-refractivity contribution in [1.82, 2.24) is 10.0 Å². The van der Waals surface area contributed by atoms with Gasteiger partial charge in [-0.25, -0.2) is 21.9 Å². The van der Waals surface area contributed by atoms with Crippen molar-refractivity contribution in [3.05, 3.63) is 65.7 Å². The number of hydrogen-bond donors (Lipinski definition) is 2. The van der Waals surface area contributed by atoms with Crippen LogP contribution in [0.3, 0.4) is 0 Å². The maximum absolute atomic E-state index is 13.2. The molecule has 0 saturated heterocycles. The molecule has 6 nitrogen and oxygen atoms in total. The number of benzene rings is 2. The molecular formula is C20H24F2N2O4S.